The van der Waals surface area contributed by atoms with Gasteiger partial charge in [0.25, 0.3) is 0 Å². The van der Waals surface area contributed by atoms with Gasteiger partial charge >= 0.3 is 0 Å². The van der Waals surface area contributed by atoms with Gasteiger partial charge in [-0.3, -0.25) is 0 Å². The van der Waals surface area contributed by atoms with Crippen LogP contribution in [0.1, 0.15) is 30.4 Å². The molecule has 4 heteroatoms. The zero-order chi connectivity index (χ0) is 11.7. The van der Waals surface area contributed by atoms with Crippen molar-refractivity contribution < 1.29 is 4.52 Å². The minimum absolute atomic E-state index is 0.591. The Morgan fingerprint density at radius 2 is 2.25 bits per heavy atom. The number of aryl methyl sites for hydroxylation is 2. The minimum Gasteiger partial charge on any atom is -0.361 e. The highest BCUT2D eigenvalue weighted by Crippen LogP contribution is 2.17. The number of hydrogen-bond donors (Lipinski definition) is 1. The SMILES string of the molecule is Cc1noc(C)c1CNC1CC(C)N(C)C1. The van der Waals surface area contributed by atoms with Crippen LogP contribution in [0.2, 0.25) is 0 Å². The van der Waals surface area contributed by atoms with Crippen LogP contribution in [0.25, 0.3) is 0 Å². The normalized spacial score (nSPS) is 26.5. The maximum absolute atomic E-state index is 5.15. The molecule has 0 aromatic carbocycles. The molecule has 0 saturated carbocycles. The Hall–Kier alpha value is -0.870. The summed E-state index contributed by atoms with van der Waals surface area (Å²) in [7, 11) is 2.18. The third-order valence-corrected chi connectivity index (χ3v) is 3.64. The van der Waals surface area contributed by atoms with Gasteiger partial charge in [-0.25, -0.2) is 0 Å². The Bertz CT molecular complexity index is 332. The number of nitrogens with zero attached hydrogens (tertiary/aromatic N) is 2. The first kappa shape index (κ1) is 11.6. The molecule has 0 spiro atoms. The highest BCUT2D eigenvalue weighted by Gasteiger charge is 2.25. The quantitative estimate of drug-likeness (QED) is 0.842. The van der Waals surface area contributed by atoms with Crippen molar-refractivity contribution in [2.24, 2.45) is 0 Å². The van der Waals surface area contributed by atoms with Gasteiger partial charge in [-0.2, -0.15) is 0 Å². The molecular weight excluding hydrogens is 202 g/mol. The van der Waals surface area contributed by atoms with Crippen LogP contribution in [-0.4, -0.2) is 35.7 Å². The van der Waals surface area contributed by atoms with Gasteiger partial charge in [0.15, 0.2) is 0 Å². The summed E-state index contributed by atoms with van der Waals surface area (Å²) in [5.74, 6) is 0.935. The van der Waals surface area contributed by atoms with Crippen LogP contribution < -0.4 is 5.32 Å². The van der Waals surface area contributed by atoms with E-state index >= 15 is 0 Å². The van der Waals surface area contributed by atoms with Gasteiger partial charge in [0.2, 0.25) is 0 Å². The van der Waals surface area contributed by atoms with Gasteiger partial charge in [-0.05, 0) is 34.2 Å². The van der Waals surface area contributed by atoms with Crippen LogP contribution >= 0.6 is 0 Å². The molecule has 90 valence electrons. The maximum atomic E-state index is 5.15. The molecule has 2 atom stereocenters. The lowest BCUT2D eigenvalue weighted by Gasteiger charge is -2.13. The lowest BCUT2D eigenvalue weighted by atomic mass is 10.1. The fourth-order valence-electron chi connectivity index (χ4n) is 2.34. The molecule has 1 aromatic heterocycles. The van der Waals surface area contributed by atoms with Gasteiger partial charge in [0.05, 0.1) is 5.69 Å². The van der Waals surface area contributed by atoms with Crippen LogP contribution in [0.15, 0.2) is 4.52 Å². The number of aromatic nitrogens is 1. The van der Waals surface area contributed by atoms with Crippen molar-refractivity contribution in [1.29, 1.82) is 0 Å². The second-order valence-corrected chi connectivity index (χ2v) is 4.90. The van der Waals surface area contributed by atoms with Crippen molar-refractivity contribution in [1.82, 2.24) is 15.4 Å². The summed E-state index contributed by atoms with van der Waals surface area (Å²) in [5.41, 5.74) is 2.21. The number of hydrogen-bond acceptors (Lipinski definition) is 4. The molecule has 1 aliphatic rings. The lowest BCUT2D eigenvalue weighted by molar-refractivity contribution is 0.326. The van der Waals surface area contributed by atoms with E-state index in [1.807, 2.05) is 13.8 Å². The smallest absolute Gasteiger partial charge is 0.138 e. The van der Waals surface area contributed by atoms with E-state index < -0.39 is 0 Å². The van der Waals surface area contributed by atoms with Gasteiger partial charge in [0, 0.05) is 30.7 Å². The molecule has 1 fully saturated rings. The summed E-state index contributed by atoms with van der Waals surface area (Å²) < 4.78 is 5.15. The zero-order valence-electron chi connectivity index (χ0n) is 10.6. The summed E-state index contributed by atoms with van der Waals surface area (Å²) in [6.45, 7) is 8.24. The van der Waals surface area contributed by atoms with E-state index in [2.05, 4.69) is 29.3 Å². The fourth-order valence-corrected chi connectivity index (χ4v) is 2.34. The number of nitrogens with one attached hydrogen (secondary N) is 1. The molecule has 1 aromatic rings. The van der Waals surface area contributed by atoms with E-state index in [4.69, 9.17) is 4.52 Å². The van der Waals surface area contributed by atoms with Gasteiger partial charge < -0.3 is 14.7 Å². The van der Waals surface area contributed by atoms with Crippen molar-refractivity contribution in [2.75, 3.05) is 13.6 Å². The van der Waals surface area contributed by atoms with Crippen molar-refractivity contribution in [3.63, 3.8) is 0 Å². The molecule has 2 unspecified atom stereocenters. The molecular formula is C12H21N3O. The first-order valence-electron chi connectivity index (χ1n) is 5.93. The molecule has 4 nitrogen and oxygen atoms in total. The monoisotopic (exact) mass is 223 g/mol. The summed E-state index contributed by atoms with van der Waals surface area (Å²) in [5, 5.41) is 7.55. The van der Waals surface area contributed by atoms with Gasteiger partial charge in [-0.15, -0.1) is 0 Å². The third kappa shape index (κ3) is 2.28. The number of likely N-dealkylation sites (tertiary alicyclic amines) is 1. The fraction of sp³-hybridized carbons (Fsp3) is 0.750. The summed E-state index contributed by atoms with van der Waals surface area (Å²) >= 11 is 0. The first-order chi connectivity index (χ1) is 7.58. The topological polar surface area (TPSA) is 41.3 Å². The Labute approximate surface area is 97.0 Å². The number of likely N-dealkylation sites (N-methyl/N-ethyl adjacent to an activating group) is 1. The van der Waals surface area contributed by atoms with E-state index in [-0.39, 0.29) is 0 Å². The molecule has 1 N–H and O–H groups in total. The molecule has 0 amide bonds. The summed E-state index contributed by atoms with van der Waals surface area (Å²) in [6, 6.07) is 1.27. The Morgan fingerprint density at radius 3 is 2.75 bits per heavy atom. The van der Waals surface area contributed by atoms with E-state index in [1.165, 1.54) is 12.0 Å². The highest BCUT2D eigenvalue weighted by molar-refractivity contribution is 5.20. The van der Waals surface area contributed by atoms with E-state index in [0.717, 1.165) is 24.5 Å². The van der Waals surface area contributed by atoms with Crippen molar-refractivity contribution in [3.8, 4) is 0 Å². The first-order valence-corrected chi connectivity index (χ1v) is 5.93. The predicted octanol–water partition coefficient (Wildman–Crippen LogP) is 1.47. The van der Waals surface area contributed by atoms with Crippen molar-refractivity contribution in [2.45, 2.75) is 45.8 Å². The van der Waals surface area contributed by atoms with E-state index in [0.29, 0.717) is 12.1 Å². The third-order valence-electron chi connectivity index (χ3n) is 3.64. The molecule has 2 rings (SSSR count). The zero-order valence-corrected chi connectivity index (χ0v) is 10.6. The molecule has 0 aliphatic carbocycles. The second-order valence-electron chi connectivity index (χ2n) is 4.90. The van der Waals surface area contributed by atoms with E-state index in [9.17, 15) is 0 Å². The average Bonchev–Trinajstić information content (AvgIpc) is 2.70. The maximum Gasteiger partial charge on any atom is 0.138 e. The van der Waals surface area contributed by atoms with Crippen LogP contribution in [0.5, 0.6) is 0 Å². The highest BCUT2D eigenvalue weighted by atomic mass is 16.5. The molecule has 1 saturated heterocycles. The molecule has 0 bridgehead atoms. The van der Waals surface area contributed by atoms with Gasteiger partial charge in [-0.1, -0.05) is 5.16 Å². The standard InChI is InChI=1S/C12H21N3O/c1-8-5-11(7-15(8)4)13-6-12-9(2)14-16-10(12)3/h8,11,13H,5-7H2,1-4H3. The second kappa shape index (κ2) is 4.55. The van der Waals surface area contributed by atoms with Crippen molar-refractivity contribution >= 4 is 0 Å². The van der Waals surface area contributed by atoms with Crippen LogP contribution in [0, 0.1) is 13.8 Å². The van der Waals surface area contributed by atoms with Gasteiger partial charge in [0.1, 0.15) is 5.76 Å². The Kier molecular flexibility index (Phi) is 3.30. The Morgan fingerprint density at radius 1 is 1.50 bits per heavy atom. The molecule has 0 radical (unpaired) electrons. The van der Waals surface area contributed by atoms with E-state index in [1.54, 1.807) is 0 Å². The van der Waals surface area contributed by atoms with Crippen LogP contribution in [-0.2, 0) is 6.54 Å². The molecule has 2 heterocycles. The lowest BCUT2D eigenvalue weighted by Crippen LogP contribution is -2.31. The summed E-state index contributed by atoms with van der Waals surface area (Å²) in [4.78, 5) is 2.39. The molecule has 16 heavy (non-hydrogen) atoms. The molecule has 1 aliphatic heterocycles. The largest absolute Gasteiger partial charge is 0.361 e. The Balaban J connectivity index is 1.89. The van der Waals surface area contributed by atoms with Crippen LogP contribution in [0.3, 0.4) is 0 Å². The minimum atomic E-state index is 0.591. The number of rotatable bonds is 3. The predicted molar refractivity (Wildman–Crippen MR) is 63.3 cm³/mol. The van der Waals surface area contributed by atoms with Crippen molar-refractivity contribution in [3.05, 3.63) is 17.0 Å². The summed E-state index contributed by atoms with van der Waals surface area (Å²) in [6.07, 6.45) is 1.22. The average molecular weight is 223 g/mol. The van der Waals surface area contributed by atoms with Crippen LogP contribution in [0.4, 0.5) is 0 Å².